The summed E-state index contributed by atoms with van der Waals surface area (Å²) in [6, 6.07) is 5.03. The van der Waals surface area contributed by atoms with Crippen LogP contribution in [0.25, 0.3) is 0 Å². The predicted octanol–water partition coefficient (Wildman–Crippen LogP) is 1.58. The number of aromatic nitrogens is 1. The van der Waals surface area contributed by atoms with Crippen LogP contribution in [-0.4, -0.2) is 22.6 Å². The van der Waals surface area contributed by atoms with Crippen molar-refractivity contribution in [2.24, 2.45) is 0 Å². The molecule has 0 radical (unpaired) electrons. The lowest BCUT2D eigenvalue weighted by Crippen LogP contribution is -2.13. The van der Waals surface area contributed by atoms with Crippen LogP contribution in [0.15, 0.2) is 35.1 Å². The third-order valence-electron chi connectivity index (χ3n) is 2.38. The average Bonchev–Trinajstić information content (AvgIpc) is 2.83. The fourth-order valence-corrected chi connectivity index (χ4v) is 1.50. The van der Waals surface area contributed by atoms with E-state index < -0.39 is 0 Å². The highest BCUT2D eigenvalue weighted by atomic mass is 16.3. The van der Waals surface area contributed by atoms with Crippen molar-refractivity contribution < 1.29 is 14.3 Å². The summed E-state index contributed by atoms with van der Waals surface area (Å²) in [5.74, 6) is 5.55. The monoisotopic (exact) mass is 256 g/mol. The van der Waals surface area contributed by atoms with Crippen LogP contribution in [0.2, 0.25) is 0 Å². The highest BCUT2D eigenvalue weighted by Crippen LogP contribution is 2.12. The Morgan fingerprint density at radius 3 is 3.05 bits per heavy atom. The van der Waals surface area contributed by atoms with Gasteiger partial charge in [-0.2, -0.15) is 0 Å². The number of hydrogen-bond acceptors (Lipinski definition) is 4. The van der Waals surface area contributed by atoms with Gasteiger partial charge in [0.15, 0.2) is 5.76 Å². The van der Waals surface area contributed by atoms with Crippen molar-refractivity contribution in [3.63, 3.8) is 0 Å². The van der Waals surface area contributed by atoms with Crippen molar-refractivity contribution in [1.29, 1.82) is 0 Å². The summed E-state index contributed by atoms with van der Waals surface area (Å²) in [6.45, 7) is 1.57. The molecular formula is C14H12N2O3. The van der Waals surface area contributed by atoms with E-state index in [1.807, 2.05) is 0 Å². The second-order valence-electron chi connectivity index (χ2n) is 3.78. The van der Waals surface area contributed by atoms with Gasteiger partial charge >= 0.3 is 0 Å². The third-order valence-corrected chi connectivity index (χ3v) is 2.38. The van der Waals surface area contributed by atoms with Gasteiger partial charge in [-0.3, -0.25) is 4.79 Å². The van der Waals surface area contributed by atoms with Crippen molar-refractivity contribution in [1.82, 2.24) is 4.98 Å². The molecule has 0 aliphatic heterocycles. The first-order chi connectivity index (χ1) is 9.20. The molecule has 1 amide bonds. The van der Waals surface area contributed by atoms with Crippen LogP contribution >= 0.6 is 0 Å². The first-order valence-electron chi connectivity index (χ1n) is 5.62. The highest BCUT2D eigenvalue weighted by molar-refractivity contribution is 6.02. The van der Waals surface area contributed by atoms with Gasteiger partial charge in [0.05, 0.1) is 6.26 Å². The maximum Gasteiger partial charge on any atom is 0.292 e. The van der Waals surface area contributed by atoms with Crippen molar-refractivity contribution >= 4 is 11.7 Å². The second kappa shape index (κ2) is 5.85. The number of carbonyl (C=O) groups is 1. The molecular weight excluding hydrogens is 244 g/mol. The Hall–Kier alpha value is -2.58. The summed E-state index contributed by atoms with van der Waals surface area (Å²) in [5.41, 5.74) is 1.42. The molecule has 0 aliphatic carbocycles. The van der Waals surface area contributed by atoms with E-state index in [-0.39, 0.29) is 18.3 Å². The summed E-state index contributed by atoms with van der Waals surface area (Å²) in [4.78, 5) is 15.9. The molecule has 0 atom stereocenters. The smallest absolute Gasteiger partial charge is 0.292 e. The Morgan fingerprint density at radius 1 is 1.53 bits per heavy atom. The molecule has 0 aliphatic rings. The quantitative estimate of drug-likeness (QED) is 0.800. The maximum atomic E-state index is 11.9. The molecule has 0 spiro atoms. The van der Waals surface area contributed by atoms with E-state index in [4.69, 9.17) is 9.52 Å². The zero-order chi connectivity index (χ0) is 13.7. The number of rotatable bonds is 2. The summed E-state index contributed by atoms with van der Waals surface area (Å²) >= 11 is 0. The Morgan fingerprint density at radius 2 is 2.37 bits per heavy atom. The van der Waals surface area contributed by atoms with Gasteiger partial charge in [0.2, 0.25) is 0 Å². The van der Waals surface area contributed by atoms with Gasteiger partial charge in [0, 0.05) is 17.3 Å². The van der Waals surface area contributed by atoms with E-state index in [0.29, 0.717) is 11.4 Å². The topological polar surface area (TPSA) is 75.4 Å². The number of nitrogens with one attached hydrogen (secondary N) is 1. The molecule has 2 heterocycles. The van der Waals surface area contributed by atoms with E-state index in [2.05, 4.69) is 22.1 Å². The summed E-state index contributed by atoms with van der Waals surface area (Å²) in [5, 5.41) is 11.3. The number of aliphatic hydroxyl groups is 1. The molecule has 0 saturated heterocycles. The van der Waals surface area contributed by atoms with Crippen LogP contribution in [0.4, 0.5) is 5.82 Å². The summed E-state index contributed by atoms with van der Waals surface area (Å²) < 4.78 is 5.09. The molecule has 0 saturated carbocycles. The molecule has 5 heteroatoms. The average molecular weight is 256 g/mol. The molecule has 2 rings (SSSR count). The third kappa shape index (κ3) is 3.21. The number of carbonyl (C=O) groups excluding carboxylic acids is 1. The number of aliphatic hydroxyl groups excluding tert-OH is 1. The minimum atomic E-state index is -0.359. The lowest BCUT2D eigenvalue weighted by atomic mass is 10.2. The number of nitrogens with zero attached hydrogens (tertiary/aromatic N) is 1. The van der Waals surface area contributed by atoms with Crippen LogP contribution in [0.3, 0.4) is 0 Å². The molecule has 2 aromatic heterocycles. The van der Waals surface area contributed by atoms with Crippen molar-refractivity contribution in [3.05, 3.63) is 47.5 Å². The predicted molar refractivity (Wildman–Crippen MR) is 69.6 cm³/mol. The number of hydrogen-bond donors (Lipinski definition) is 2. The van der Waals surface area contributed by atoms with Crippen LogP contribution in [0.1, 0.15) is 21.7 Å². The molecule has 0 aromatic carbocycles. The lowest BCUT2D eigenvalue weighted by molar-refractivity contribution is 0.0995. The molecule has 5 nitrogen and oxygen atoms in total. The molecule has 2 aromatic rings. The highest BCUT2D eigenvalue weighted by Gasteiger charge is 2.13. The molecule has 0 unspecified atom stereocenters. The van der Waals surface area contributed by atoms with Crippen LogP contribution in [-0.2, 0) is 0 Å². The van der Waals surface area contributed by atoms with E-state index in [0.717, 1.165) is 5.56 Å². The fraction of sp³-hybridized carbons (Fsp3) is 0.143. The van der Waals surface area contributed by atoms with Crippen LogP contribution in [0.5, 0.6) is 0 Å². The van der Waals surface area contributed by atoms with Crippen molar-refractivity contribution in [2.75, 3.05) is 11.9 Å². The Labute approximate surface area is 110 Å². The Kier molecular flexibility index (Phi) is 3.96. The SMILES string of the molecule is Cc1ccoc1C(=O)Nc1cc(C#CCO)ccn1. The van der Waals surface area contributed by atoms with Crippen LogP contribution < -0.4 is 5.32 Å². The maximum absolute atomic E-state index is 11.9. The van der Waals surface area contributed by atoms with Gasteiger partial charge in [-0.05, 0) is 25.1 Å². The molecule has 2 N–H and O–H groups in total. The lowest BCUT2D eigenvalue weighted by Gasteiger charge is -2.03. The molecule has 96 valence electrons. The minimum Gasteiger partial charge on any atom is -0.459 e. The number of anilines is 1. The first-order valence-corrected chi connectivity index (χ1v) is 5.62. The van der Waals surface area contributed by atoms with Crippen LogP contribution in [0, 0.1) is 18.8 Å². The van der Waals surface area contributed by atoms with Gasteiger partial charge in [0.25, 0.3) is 5.91 Å². The van der Waals surface area contributed by atoms with Gasteiger partial charge in [-0.25, -0.2) is 4.98 Å². The van der Waals surface area contributed by atoms with Gasteiger partial charge < -0.3 is 14.8 Å². The summed E-state index contributed by atoms with van der Waals surface area (Å²) in [7, 11) is 0. The van der Waals surface area contributed by atoms with E-state index in [1.54, 1.807) is 25.1 Å². The first kappa shape index (κ1) is 12.9. The molecule has 0 bridgehead atoms. The minimum absolute atomic E-state index is 0.213. The standard InChI is InChI=1S/C14H12N2O3/c1-10-5-8-19-13(10)14(18)16-12-9-11(3-2-7-17)4-6-15-12/h4-6,8-9,17H,7H2,1H3,(H,15,16,18). The number of pyridine rings is 1. The Bertz CT molecular complexity index is 650. The van der Waals surface area contributed by atoms with Gasteiger partial charge in [-0.1, -0.05) is 11.8 Å². The van der Waals surface area contributed by atoms with E-state index >= 15 is 0 Å². The van der Waals surface area contributed by atoms with Crippen molar-refractivity contribution in [2.45, 2.75) is 6.92 Å². The zero-order valence-electron chi connectivity index (χ0n) is 10.3. The van der Waals surface area contributed by atoms with Gasteiger partial charge in [0.1, 0.15) is 12.4 Å². The largest absolute Gasteiger partial charge is 0.459 e. The summed E-state index contributed by atoms with van der Waals surface area (Å²) in [6.07, 6.45) is 2.99. The number of aryl methyl sites for hydroxylation is 1. The molecule has 19 heavy (non-hydrogen) atoms. The number of furan rings is 1. The zero-order valence-corrected chi connectivity index (χ0v) is 10.3. The van der Waals surface area contributed by atoms with E-state index in [1.165, 1.54) is 12.5 Å². The molecule has 0 fully saturated rings. The Balaban J connectivity index is 2.15. The number of amides is 1. The van der Waals surface area contributed by atoms with Gasteiger partial charge in [-0.15, -0.1) is 0 Å². The van der Waals surface area contributed by atoms with E-state index in [9.17, 15) is 4.79 Å². The van der Waals surface area contributed by atoms with Crippen molar-refractivity contribution in [3.8, 4) is 11.8 Å². The normalized spacial score (nSPS) is 9.58. The second-order valence-corrected chi connectivity index (χ2v) is 3.78. The fourth-order valence-electron chi connectivity index (χ4n) is 1.50.